The van der Waals surface area contributed by atoms with Gasteiger partial charge in [0.15, 0.2) is 0 Å². The summed E-state index contributed by atoms with van der Waals surface area (Å²) in [5.41, 5.74) is 3.41. The van der Waals surface area contributed by atoms with Gasteiger partial charge in [-0.1, -0.05) is 26.0 Å². The van der Waals surface area contributed by atoms with Gasteiger partial charge in [0.1, 0.15) is 0 Å². The molecule has 6 nitrogen and oxygen atoms in total. The molecule has 0 saturated heterocycles. The Balaban J connectivity index is 1.47. The van der Waals surface area contributed by atoms with Crippen LogP contribution < -0.4 is 0 Å². The quantitative estimate of drug-likeness (QED) is 0.763. The van der Waals surface area contributed by atoms with Crippen molar-refractivity contribution >= 4 is 0 Å². The first-order valence-electron chi connectivity index (χ1n) is 11.2. The van der Waals surface area contributed by atoms with Gasteiger partial charge >= 0.3 is 0 Å². The van der Waals surface area contributed by atoms with Gasteiger partial charge in [0, 0.05) is 25.2 Å². The highest BCUT2D eigenvalue weighted by Crippen LogP contribution is 2.60. The molecule has 2 N–H and O–H groups in total. The van der Waals surface area contributed by atoms with Gasteiger partial charge in [0.25, 0.3) is 0 Å². The van der Waals surface area contributed by atoms with Crippen LogP contribution in [0.5, 0.6) is 0 Å². The Morgan fingerprint density at radius 3 is 2.70 bits per heavy atom. The van der Waals surface area contributed by atoms with Gasteiger partial charge in [-0.15, -0.1) is 0 Å². The van der Waals surface area contributed by atoms with E-state index in [0.29, 0.717) is 5.95 Å². The summed E-state index contributed by atoms with van der Waals surface area (Å²) in [5, 5.41) is 26.6. The maximum Gasteiger partial charge on any atom is 0.250 e. The van der Waals surface area contributed by atoms with E-state index >= 15 is 0 Å². The fraction of sp³-hybridized carbons (Fsp3) is 0.625. The van der Waals surface area contributed by atoms with Crippen LogP contribution in [0.2, 0.25) is 0 Å². The van der Waals surface area contributed by atoms with Gasteiger partial charge in [0.2, 0.25) is 5.95 Å². The van der Waals surface area contributed by atoms with Gasteiger partial charge < -0.3 is 10.2 Å². The zero-order valence-corrected chi connectivity index (χ0v) is 18.0. The fourth-order valence-electron chi connectivity index (χ4n) is 6.74. The molecule has 6 atom stereocenters. The standard InChI is InChI=1S/C24H32N4O2/c1-15-5-6-18-21(30)19(7-8-23(15,18)2)24(3)12-16-13-28(22-25-9-4-10-26-22)27-20(16)11-17(24)14-29/h4,9-10,13,17-19,21,29-30H,1,5-8,11-12,14H2,2-3H3/t17-,18+,19+,21+,23-,24+/m1/s1. The number of hydrogen-bond donors (Lipinski definition) is 2. The molecule has 2 heterocycles. The van der Waals surface area contributed by atoms with E-state index < -0.39 is 0 Å². The highest BCUT2D eigenvalue weighted by molar-refractivity contribution is 5.29. The number of hydrogen-bond acceptors (Lipinski definition) is 5. The Morgan fingerprint density at radius 1 is 1.20 bits per heavy atom. The summed E-state index contributed by atoms with van der Waals surface area (Å²) in [6.45, 7) is 9.00. The van der Waals surface area contributed by atoms with Crippen molar-refractivity contribution in [3.8, 4) is 5.95 Å². The third-order valence-electron chi connectivity index (χ3n) is 8.83. The van der Waals surface area contributed by atoms with E-state index in [4.69, 9.17) is 5.10 Å². The zero-order chi connectivity index (χ0) is 21.1. The van der Waals surface area contributed by atoms with Crippen LogP contribution in [0.1, 0.15) is 50.8 Å². The van der Waals surface area contributed by atoms with Crippen LogP contribution in [0.25, 0.3) is 5.95 Å². The summed E-state index contributed by atoms with van der Waals surface area (Å²) in [6, 6.07) is 1.79. The predicted octanol–water partition coefficient (Wildman–Crippen LogP) is 3.12. The first-order valence-corrected chi connectivity index (χ1v) is 11.2. The summed E-state index contributed by atoms with van der Waals surface area (Å²) in [7, 11) is 0. The Kier molecular flexibility index (Phi) is 4.63. The molecule has 0 bridgehead atoms. The number of aromatic nitrogens is 4. The van der Waals surface area contributed by atoms with Crippen molar-refractivity contribution in [1.82, 2.24) is 19.7 Å². The van der Waals surface area contributed by atoms with E-state index in [9.17, 15) is 10.2 Å². The lowest BCUT2D eigenvalue weighted by atomic mass is 9.52. The predicted molar refractivity (Wildman–Crippen MR) is 114 cm³/mol. The average molecular weight is 409 g/mol. The molecular formula is C24H32N4O2. The van der Waals surface area contributed by atoms with Crippen molar-refractivity contribution in [3.63, 3.8) is 0 Å². The molecule has 160 valence electrons. The Labute approximate surface area is 178 Å². The normalized spacial score (nSPS) is 38.3. The molecule has 2 aromatic heterocycles. The molecule has 0 radical (unpaired) electrons. The molecule has 3 aliphatic rings. The summed E-state index contributed by atoms with van der Waals surface area (Å²) in [6.07, 6.45) is 10.8. The van der Waals surface area contributed by atoms with Crippen LogP contribution in [0, 0.1) is 28.6 Å². The fourth-order valence-corrected chi connectivity index (χ4v) is 6.74. The molecule has 2 saturated carbocycles. The molecule has 30 heavy (non-hydrogen) atoms. The summed E-state index contributed by atoms with van der Waals surface area (Å²) < 4.78 is 1.75. The van der Waals surface area contributed by atoms with Crippen LogP contribution in [-0.2, 0) is 12.8 Å². The molecular weight excluding hydrogens is 376 g/mol. The van der Waals surface area contributed by atoms with Crippen molar-refractivity contribution in [2.75, 3.05) is 6.61 Å². The van der Waals surface area contributed by atoms with Gasteiger partial charge in [0.05, 0.1) is 11.8 Å². The van der Waals surface area contributed by atoms with Crippen molar-refractivity contribution in [2.45, 2.75) is 58.5 Å². The second-order valence-corrected chi connectivity index (χ2v) is 10.2. The van der Waals surface area contributed by atoms with E-state index in [1.54, 1.807) is 23.1 Å². The number of allylic oxidation sites excluding steroid dienone is 1. The molecule has 0 amide bonds. The second kappa shape index (κ2) is 6.99. The van der Waals surface area contributed by atoms with Gasteiger partial charge in [-0.3, -0.25) is 0 Å². The van der Waals surface area contributed by atoms with Crippen LogP contribution in [0.15, 0.2) is 36.8 Å². The number of rotatable bonds is 3. The Hall–Kier alpha value is -2.05. The van der Waals surface area contributed by atoms with E-state index in [2.05, 4.69) is 30.4 Å². The van der Waals surface area contributed by atoms with Crippen molar-refractivity contribution in [1.29, 1.82) is 0 Å². The minimum atomic E-state index is -0.351. The van der Waals surface area contributed by atoms with E-state index in [1.807, 2.05) is 6.20 Å². The van der Waals surface area contributed by atoms with Crippen LogP contribution in [-0.4, -0.2) is 42.7 Å². The van der Waals surface area contributed by atoms with Gasteiger partial charge in [-0.25, -0.2) is 14.6 Å². The number of fused-ring (bicyclic) bond motifs is 2. The first-order chi connectivity index (χ1) is 14.4. The Morgan fingerprint density at radius 2 is 1.97 bits per heavy atom. The number of nitrogens with zero attached hydrogens (tertiary/aromatic N) is 4. The molecule has 0 aliphatic heterocycles. The second-order valence-electron chi connectivity index (χ2n) is 10.2. The lowest BCUT2D eigenvalue weighted by molar-refractivity contribution is -0.104. The first kappa shape index (κ1) is 19.9. The smallest absolute Gasteiger partial charge is 0.250 e. The molecule has 5 rings (SSSR count). The summed E-state index contributed by atoms with van der Waals surface area (Å²) in [5.74, 6) is 1.09. The lowest BCUT2D eigenvalue weighted by Gasteiger charge is -2.54. The van der Waals surface area contributed by atoms with Crippen molar-refractivity contribution < 1.29 is 10.2 Å². The van der Waals surface area contributed by atoms with Gasteiger partial charge in [-0.2, -0.15) is 5.10 Å². The van der Waals surface area contributed by atoms with Crippen LogP contribution >= 0.6 is 0 Å². The van der Waals surface area contributed by atoms with Crippen LogP contribution in [0.4, 0.5) is 0 Å². The number of aliphatic hydroxyl groups excluding tert-OH is 2. The third-order valence-corrected chi connectivity index (χ3v) is 8.83. The molecule has 0 aromatic carbocycles. The zero-order valence-electron chi connectivity index (χ0n) is 18.0. The van der Waals surface area contributed by atoms with Crippen LogP contribution in [0.3, 0.4) is 0 Å². The minimum Gasteiger partial charge on any atom is -0.396 e. The molecule has 3 aliphatic carbocycles. The van der Waals surface area contributed by atoms with Crippen molar-refractivity contribution in [2.24, 2.45) is 28.6 Å². The molecule has 2 fully saturated rings. The lowest BCUT2D eigenvalue weighted by Crippen LogP contribution is -2.53. The third kappa shape index (κ3) is 2.80. The highest BCUT2D eigenvalue weighted by Gasteiger charge is 2.56. The summed E-state index contributed by atoms with van der Waals surface area (Å²) >= 11 is 0. The van der Waals surface area contributed by atoms with Gasteiger partial charge in [-0.05, 0) is 78.7 Å². The maximum absolute atomic E-state index is 11.5. The molecule has 0 spiro atoms. The monoisotopic (exact) mass is 408 g/mol. The van der Waals surface area contributed by atoms with E-state index in [0.717, 1.165) is 44.2 Å². The SMILES string of the molecule is C=C1CC[C@H]2[C@H](O)[C@@H]([C@@]3(C)Cc4cn(-c5ncccn5)nc4C[C@@H]3CO)CC[C@]12C. The molecule has 6 heteroatoms. The number of aliphatic hydroxyl groups is 2. The topological polar surface area (TPSA) is 84.1 Å². The van der Waals surface area contributed by atoms with E-state index in [1.165, 1.54) is 11.1 Å². The minimum absolute atomic E-state index is 0.0658. The Bertz CT molecular complexity index is 957. The van der Waals surface area contributed by atoms with Crippen molar-refractivity contribution in [3.05, 3.63) is 48.1 Å². The average Bonchev–Trinajstić information content (AvgIpc) is 3.28. The summed E-state index contributed by atoms with van der Waals surface area (Å²) in [4.78, 5) is 8.63. The molecule has 0 unspecified atom stereocenters. The maximum atomic E-state index is 11.5. The van der Waals surface area contributed by atoms with E-state index in [-0.39, 0.29) is 41.3 Å². The highest BCUT2D eigenvalue weighted by atomic mass is 16.3. The molecule has 2 aromatic rings. The largest absolute Gasteiger partial charge is 0.396 e.